The number of primary amides is 1. The van der Waals surface area contributed by atoms with Crippen LogP contribution in [0.5, 0.6) is 0 Å². The van der Waals surface area contributed by atoms with Crippen LogP contribution in [0.3, 0.4) is 0 Å². The van der Waals surface area contributed by atoms with E-state index in [1.54, 1.807) is 14.0 Å². The van der Waals surface area contributed by atoms with Gasteiger partial charge in [0.15, 0.2) is 5.25 Å². The van der Waals surface area contributed by atoms with Gasteiger partial charge in [-0.05, 0) is 33.6 Å². The Balaban J connectivity index is 4.35. The Kier molecular flexibility index (Phi) is 10.1. The van der Waals surface area contributed by atoms with Crippen molar-refractivity contribution in [2.75, 3.05) is 12.8 Å². The van der Waals surface area contributed by atoms with E-state index in [2.05, 4.69) is 0 Å². The summed E-state index contributed by atoms with van der Waals surface area (Å²) >= 11 is 0. The topological polar surface area (TPSA) is 135 Å². The third-order valence-corrected chi connectivity index (χ3v) is 8.14. The monoisotopic (exact) mass is 414 g/mol. The average molecular weight is 415 g/mol. The van der Waals surface area contributed by atoms with Gasteiger partial charge in [-0.3, -0.25) is 14.1 Å². The Morgan fingerprint density at radius 1 is 1.36 bits per heavy atom. The van der Waals surface area contributed by atoms with Crippen LogP contribution in [0.1, 0.15) is 40.0 Å². The van der Waals surface area contributed by atoms with E-state index in [0.717, 1.165) is 0 Å². The molecule has 2 atom stereocenters. The quantitative estimate of drug-likeness (QED) is 0.210. The van der Waals surface area contributed by atoms with E-state index in [9.17, 15) is 22.8 Å². The summed E-state index contributed by atoms with van der Waals surface area (Å²) in [7, 11) is -0.115. The SMILES string of the molecule is C[C@@H](C=O)N(C)C(=O)CCC(C)(C)SSCCC(C(N)=O)S(=O)(=O)O. The number of amides is 2. The van der Waals surface area contributed by atoms with Gasteiger partial charge in [-0.25, -0.2) is 0 Å². The summed E-state index contributed by atoms with van der Waals surface area (Å²) in [5, 5.41) is -1.61. The minimum atomic E-state index is -4.50. The van der Waals surface area contributed by atoms with Gasteiger partial charge in [0.1, 0.15) is 6.29 Å². The lowest BCUT2D eigenvalue weighted by Gasteiger charge is -2.26. The number of aldehydes is 1. The van der Waals surface area contributed by atoms with E-state index in [1.807, 2.05) is 13.8 Å². The van der Waals surface area contributed by atoms with Gasteiger partial charge in [-0.2, -0.15) is 8.42 Å². The van der Waals surface area contributed by atoms with Crippen molar-refractivity contribution in [3.05, 3.63) is 0 Å². The summed E-state index contributed by atoms with van der Waals surface area (Å²) in [6.07, 6.45) is 1.47. The number of hydrogen-bond donors (Lipinski definition) is 2. The number of hydrogen-bond acceptors (Lipinski definition) is 7. The molecular formula is C14H26N2O6S3. The van der Waals surface area contributed by atoms with Gasteiger partial charge in [0.2, 0.25) is 11.8 Å². The second-order valence-corrected chi connectivity index (χ2v) is 11.0. The zero-order chi connectivity index (χ0) is 19.8. The molecule has 0 aromatic heterocycles. The molecule has 0 fully saturated rings. The maximum atomic E-state index is 12.0. The van der Waals surface area contributed by atoms with Gasteiger partial charge < -0.3 is 15.4 Å². The summed E-state index contributed by atoms with van der Waals surface area (Å²) < 4.78 is 30.8. The van der Waals surface area contributed by atoms with Crippen LogP contribution in [-0.2, 0) is 24.5 Å². The molecule has 0 rings (SSSR count). The Bertz CT molecular complexity index is 579. The summed E-state index contributed by atoms with van der Waals surface area (Å²) in [5.41, 5.74) is 4.97. The van der Waals surface area contributed by atoms with E-state index in [0.29, 0.717) is 18.5 Å². The molecule has 8 nitrogen and oxygen atoms in total. The van der Waals surface area contributed by atoms with Gasteiger partial charge in [0.25, 0.3) is 10.1 Å². The van der Waals surface area contributed by atoms with Crippen LogP contribution in [-0.4, -0.2) is 64.8 Å². The highest BCUT2D eigenvalue weighted by atomic mass is 33.1. The van der Waals surface area contributed by atoms with Gasteiger partial charge in [-0.15, -0.1) is 0 Å². The largest absolute Gasteiger partial charge is 0.368 e. The van der Waals surface area contributed by atoms with Gasteiger partial charge in [0, 0.05) is 24.0 Å². The molecule has 11 heteroatoms. The van der Waals surface area contributed by atoms with E-state index in [4.69, 9.17) is 10.3 Å². The van der Waals surface area contributed by atoms with Crippen molar-refractivity contribution in [2.24, 2.45) is 5.73 Å². The Morgan fingerprint density at radius 2 is 1.92 bits per heavy atom. The normalized spacial score (nSPS) is 14.6. The van der Waals surface area contributed by atoms with E-state index in [1.165, 1.54) is 26.5 Å². The second-order valence-electron chi connectivity index (χ2n) is 6.24. The lowest BCUT2D eigenvalue weighted by Crippen LogP contribution is -2.36. The summed E-state index contributed by atoms with van der Waals surface area (Å²) in [6, 6.07) is -0.469. The molecule has 0 radical (unpaired) electrons. The van der Waals surface area contributed by atoms with Crippen LogP contribution in [0.15, 0.2) is 0 Å². The molecule has 0 saturated heterocycles. The Labute approximate surface area is 156 Å². The minimum Gasteiger partial charge on any atom is -0.368 e. The molecule has 2 amide bonds. The van der Waals surface area contributed by atoms with Gasteiger partial charge >= 0.3 is 0 Å². The highest BCUT2D eigenvalue weighted by Crippen LogP contribution is 2.39. The zero-order valence-corrected chi connectivity index (χ0v) is 17.2. The molecule has 1 unspecified atom stereocenters. The summed E-state index contributed by atoms with van der Waals surface area (Å²) in [4.78, 5) is 35.2. The average Bonchev–Trinajstić information content (AvgIpc) is 2.49. The number of carbonyl (C=O) groups excluding carboxylic acids is 3. The first kappa shape index (κ1) is 24.2. The van der Waals surface area contributed by atoms with Crippen molar-refractivity contribution in [3.63, 3.8) is 0 Å². The molecular weight excluding hydrogens is 388 g/mol. The molecule has 0 bridgehead atoms. The second kappa shape index (κ2) is 10.4. The van der Waals surface area contributed by atoms with Gasteiger partial charge in [-0.1, -0.05) is 21.6 Å². The fraction of sp³-hybridized carbons (Fsp3) is 0.786. The van der Waals surface area contributed by atoms with Crippen LogP contribution < -0.4 is 5.73 Å². The molecule has 25 heavy (non-hydrogen) atoms. The van der Waals surface area contributed by atoms with Crippen molar-refractivity contribution in [1.82, 2.24) is 4.90 Å². The van der Waals surface area contributed by atoms with Crippen LogP contribution in [0.4, 0.5) is 0 Å². The Morgan fingerprint density at radius 3 is 2.36 bits per heavy atom. The first-order chi connectivity index (χ1) is 11.3. The summed E-state index contributed by atoms with van der Waals surface area (Å²) in [5.74, 6) is -0.902. The van der Waals surface area contributed by atoms with Crippen LogP contribution in [0.25, 0.3) is 0 Å². The predicted molar refractivity (Wildman–Crippen MR) is 101 cm³/mol. The molecule has 146 valence electrons. The van der Waals surface area contributed by atoms with Gasteiger partial charge in [0.05, 0.1) is 6.04 Å². The van der Waals surface area contributed by atoms with Crippen molar-refractivity contribution < 1.29 is 27.4 Å². The highest BCUT2D eigenvalue weighted by molar-refractivity contribution is 8.77. The maximum Gasteiger partial charge on any atom is 0.276 e. The van der Waals surface area contributed by atoms with Crippen molar-refractivity contribution in [1.29, 1.82) is 0 Å². The maximum absolute atomic E-state index is 12.0. The molecule has 0 aliphatic heterocycles. The van der Waals surface area contributed by atoms with E-state index < -0.39 is 27.3 Å². The standard InChI is InChI=1S/C14H26N2O6S3/c1-10(9-17)16(4)12(18)5-7-14(2,3)24-23-8-6-11(13(15)19)25(20,21)22/h9-11H,5-8H2,1-4H3,(H2,15,19)(H,20,21,22)/t10-,11?/m0/s1. The molecule has 0 spiro atoms. The number of carbonyl (C=O) groups is 3. The van der Waals surface area contributed by atoms with Crippen molar-refractivity contribution >= 4 is 49.8 Å². The van der Waals surface area contributed by atoms with Crippen molar-refractivity contribution in [2.45, 2.75) is 56.1 Å². The molecule has 0 aliphatic carbocycles. The fourth-order valence-corrected chi connectivity index (χ4v) is 5.26. The lowest BCUT2D eigenvalue weighted by atomic mass is 10.1. The molecule has 0 aromatic carbocycles. The third-order valence-electron chi connectivity index (χ3n) is 3.57. The first-order valence-electron chi connectivity index (χ1n) is 7.59. The highest BCUT2D eigenvalue weighted by Gasteiger charge is 2.29. The number of rotatable bonds is 12. The number of likely N-dealkylation sites (N-methyl/N-ethyl adjacent to an activating group) is 1. The molecule has 0 aliphatic rings. The predicted octanol–water partition coefficient (Wildman–Crippen LogP) is 1.10. The fourth-order valence-electron chi connectivity index (χ4n) is 1.74. The Hall–Kier alpha value is -0.780. The smallest absolute Gasteiger partial charge is 0.276 e. The molecule has 0 saturated carbocycles. The van der Waals surface area contributed by atoms with Crippen LogP contribution in [0.2, 0.25) is 0 Å². The van der Waals surface area contributed by atoms with E-state index in [-0.39, 0.29) is 23.5 Å². The first-order valence-corrected chi connectivity index (χ1v) is 11.4. The lowest BCUT2D eigenvalue weighted by molar-refractivity contribution is -0.134. The molecule has 0 aromatic rings. The minimum absolute atomic E-state index is 0.0829. The van der Waals surface area contributed by atoms with E-state index >= 15 is 0 Å². The molecule has 3 N–H and O–H groups in total. The van der Waals surface area contributed by atoms with Crippen LogP contribution in [0, 0.1) is 0 Å². The van der Waals surface area contributed by atoms with Crippen LogP contribution >= 0.6 is 21.6 Å². The third kappa shape index (κ3) is 9.47. The number of nitrogens with two attached hydrogens (primary N) is 1. The van der Waals surface area contributed by atoms with Crippen molar-refractivity contribution in [3.8, 4) is 0 Å². The molecule has 0 heterocycles. The number of nitrogens with zero attached hydrogens (tertiary/aromatic N) is 1. The summed E-state index contributed by atoms with van der Waals surface area (Å²) in [6.45, 7) is 5.52. The zero-order valence-electron chi connectivity index (χ0n) is 14.8.